The second kappa shape index (κ2) is 9.84. The SMILES string of the molecule is CCCCNC(=O)/C=C\c1ccc(OCCN(C)C)c(N)c1. The first-order chi connectivity index (χ1) is 10.5. The Morgan fingerprint density at radius 2 is 2.18 bits per heavy atom. The Morgan fingerprint density at radius 3 is 2.82 bits per heavy atom. The molecule has 0 aliphatic heterocycles. The number of nitrogens with two attached hydrogens (primary N) is 1. The number of nitrogens with one attached hydrogen (secondary N) is 1. The van der Waals surface area contributed by atoms with Crippen LogP contribution in [0.15, 0.2) is 24.3 Å². The van der Waals surface area contributed by atoms with Crippen LogP contribution in [-0.2, 0) is 4.79 Å². The molecule has 0 aromatic heterocycles. The second-order valence-electron chi connectivity index (χ2n) is 5.43. The van der Waals surface area contributed by atoms with E-state index in [0.29, 0.717) is 24.6 Å². The minimum atomic E-state index is -0.0849. The van der Waals surface area contributed by atoms with Gasteiger partial charge in [0.15, 0.2) is 0 Å². The van der Waals surface area contributed by atoms with Crippen molar-refractivity contribution in [2.75, 3.05) is 39.5 Å². The summed E-state index contributed by atoms with van der Waals surface area (Å²) < 4.78 is 5.62. The van der Waals surface area contributed by atoms with Crippen molar-refractivity contribution in [3.8, 4) is 5.75 Å². The van der Waals surface area contributed by atoms with Gasteiger partial charge in [0.2, 0.25) is 5.91 Å². The molecule has 1 amide bonds. The maximum absolute atomic E-state index is 11.6. The summed E-state index contributed by atoms with van der Waals surface area (Å²) in [5, 5.41) is 2.83. The van der Waals surface area contributed by atoms with Crippen molar-refractivity contribution in [2.24, 2.45) is 0 Å². The minimum Gasteiger partial charge on any atom is -0.490 e. The van der Waals surface area contributed by atoms with Crippen molar-refractivity contribution in [3.63, 3.8) is 0 Å². The largest absolute Gasteiger partial charge is 0.490 e. The van der Waals surface area contributed by atoms with Crippen molar-refractivity contribution in [3.05, 3.63) is 29.8 Å². The summed E-state index contributed by atoms with van der Waals surface area (Å²) in [6.45, 7) is 4.22. The quantitative estimate of drug-likeness (QED) is 0.417. The molecule has 0 atom stereocenters. The van der Waals surface area contributed by atoms with Gasteiger partial charge in [0, 0.05) is 19.2 Å². The fourth-order valence-corrected chi connectivity index (χ4v) is 1.76. The van der Waals surface area contributed by atoms with Gasteiger partial charge in [-0.15, -0.1) is 0 Å². The molecule has 0 unspecified atom stereocenters. The van der Waals surface area contributed by atoms with Crippen LogP contribution < -0.4 is 15.8 Å². The zero-order valence-electron chi connectivity index (χ0n) is 13.8. The molecule has 0 saturated carbocycles. The lowest BCUT2D eigenvalue weighted by molar-refractivity contribution is -0.116. The number of amides is 1. The normalized spacial score (nSPS) is 11.1. The van der Waals surface area contributed by atoms with Crippen LogP contribution in [0.25, 0.3) is 6.08 Å². The average molecular weight is 305 g/mol. The highest BCUT2D eigenvalue weighted by atomic mass is 16.5. The number of likely N-dealkylation sites (N-methyl/N-ethyl adjacent to an activating group) is 1. The highest BCUT2D eigenvalue weighted by Gasteiger charge is 2.02. The van der Waals surface area contributed by atoms with E-state index in [1.165, 1.54) is 6.08 Å². The molecule has 122 valence electrons. The Hall–Kier alpha value is -2.01. The molecule has 1 aromatic rings. The van der Waals surface area contributed by atoms with Crippen LogP contribution in [0.3, 0.4) is 0 Å². The summed E-state index contributed by atoms with van der Waals surface area (Å²) in [6.07, 6.45) is 5.33. The first-order valence-electron chi connectivity index (χ1n) is 7.66. The van der Waals surface area contributed by atoms with Gasteiger partial charge in [-0.25, -0.2) is 0 Å². The van der Waals surface area contributed by atoms with E-state index in [0.717, 1.165) is 24.9 Å². The van der Waals surface area contributed by atoms with Crippen LogP contribution in [0.2, 0.25) is 0 Å². The highest BCUT2D eigenvalue weighted by Crippen LogP contribution is 2.23. The van der Waals surface area contributed by atoms with E-state index in [9.17, 15) is 4.79 Å². The lowest BCUT2D eigenvalue weighted by Crippen LogP contribution is -2.21. The second-order valence-corrected chi connectivity index (χ2v) is 5.43. The van der Waals surface area contributed by atoms with Gasteiger partial charge >= 0.3 is 0 Å². The van der Waals surface area contributed by atoms with E-state index in [4.69, 9.17) is 10.5 Å². The molecule has 22 heavy (non-hydrogen) atoms. The third-order valence-corrected chi connectivity index (χ3v) is 3.09. The summed E-state index contributed by atoms with van der Waals surface area (Å²) in [6, 6.07) is 5.53. The topological polar surface area (TPSA) is 67.6 Å². The van der Waals surface area contributed by atoms with E-state index >= 15 is 0 Å². The summed E-state index contributed by atoms with van der Waals surface area (Å²) >= 11 is 0. The highest BCUT2D eigenvalue weighted by molar-refractivity contribution is 5.91. The summed E-state index contributed by atoms with van der Waals surface area (Å²) in [5.41, 5.74) is 7.42. The Balaban J connectivity index is 2.52. The van der Waals surface area contributed by atoms with Gasteiger partial charge in [-0.05, 0) is 44.3 Å². The number of nitrogens with zero attached hydrogens (tertiary/aromatic N) is 1. The fraction of sp³-hybridized carbons (Fsp3) is 0.471. The lowest BCUT2D eigenvalue weighted by Gasteiger charge is -2.12. The van der Waals surface area contributed by atoms with E-state index in [1.54, 1.807) is 12.1 Å². The number of benzene rings is 1. The van der Waals surface area contributed by atoms with Gasteiger partial charge in [-0.3, -0.25) is 4.79 Å². The monoisotopic (exact) mass is 305 g/mol. The summed E-state index contributed by atoms with van der Waals surface area (Å²) in [7, 11) is 3.98. The van der Waals surface area contributed by atoms with Crippen molar-refractivity contribution in [1.82, 2.24) is 10.2 Å². The number of unbranched alkanes of at least 4 members (excludes halogenated alkanes) is 1. The minimum absolute atomic E-state index is 0.0849. The first-order valence-corrected chi connectivity index (χ1v) is 7.66. The molecule has 0 bridgehead atoms. The van der Waals surface area contributed by atoms with E-state index < -0.39 is 0 Å². The maximum atomic E-state index is 11.6. The van der Waals surface area contributed by atoms with Crippen molar-refractivity contribution in [2.45, 2.75) is 19.8 Å². The van der Waals surface area contributed by atoms with Gasteiger partial charge in [0.1, 0.15) is 12.4 Å². The van der Waals surface area contributed by atoms with Crippen LogP contribution in [0.1, 0.15) is 25.3 Å². The van der Waals surface area contributed by atoms with Crippen LogP contribution in [0.5, 0.6) is 5.75 Å². The molecule has 5 heteroatoms. The van der Waals surface area contributed by atoms with Gasteiger partial charge in [-0.1, -0.05) is 19.4 Å². The average Bonchev–Trinajstić information content (AvgIpc) is 2.47. The number of anilines is 1. The molecule has 0 aliphatic rings. The van der Waals surface area contributed by atoms with E-state index in [-0.39, 0.29) is 5.91 Å². The molecule has 5 nitrogen and oxygen atoms in total. The summed E-state index contributed by atoms with van der Waals surface area (Å²) in [4.78, 5) is 13.6. The van der Waals surface area contributed by atoms with E-state index in [2.05, 4.69) is 12.2 Å². The molecule has 0 radical (unpaired) electrons. The van der Waals surface area contributed by atoms with E-state index in [1.807, 2.05) is 31.1 Å². The maximum Gasteiger partial charge on any atom is 0.243 e. The Labute approximate surface area is 133 Å². The number of hydrogen-bond acceptors (Lipinski definition) is 4. The standard InChI is InChI=1S/C17H27N3O2/c1-4-5-10-19-17(21)9-7-14-6-8-16(15(18)13-14)22-12-11-20(2)3/h6-9,13H,4-5,10-12,18H2,1-3H3,(H,19,21)/b9-7-. The predicted octanol–water partition coefficient (Wildman–Crippen LogP) is 2.14. The molecule has 0 fully saturated rings. The smallest absolute Gasteiger partial charge is 0.243 e. The molecule has 1 aromatic carbocycles. The van der Waals surface area contributed by atoms with Gasteiger partial charge in [0.25, 0.3) is 0 Å². The molecule has 3 N–H and O–H groups in total. The Bertz CT molecular complexity index is 499. The molecule has 0 spiro atoms. The number of carbonyl (C=O) groups excluding carboxylic acids is 1. The van der Waals surface area contributed by atoms with Crippen molar-refractivity contribution >= 4 is 17.7 Å². The fourth-order valence-electron chi connectivity index (χ4n) is 1.76. The third kappa shape index (κ3) is 7.13. The lowest BCUT2D eigenvalue weighted by atomic mass is 10.1. The molecular weight excluding hydrogens is 278 g/mol. The van der Waals surface area contributed by atoms with Crippen LogP contribution in [-0.4, -0.2) is 44.6 Å². The predicted molar refractivity (Wildman–Crippen MR) is 91.9 cm³/mol. The van der Waals surface area contributed by atoms with Crippen LogP contribution in [0.4, 0.5) is 5.69 Å². The third-order valence-electron chi connectivity index (χ3n) is 3.09. The molecular formula is C17H27N3O2. The number of carbonyl (C=O) groups is 1. The molecule has 1 rings (SSSR count). The van der Waals surface area contributed by atoms with Gasteiger partial charge in [0.05, 0.1) is 5.69 Å². The van der Waals surface area contributed by atoms with Gasteiger partial charge in [-0.2, -0.15) is 0 Å². The Morgan fingerprint density at radius 1 is 1.41 bits per heavy atom. The Kier molecular flexibility index (Phi) is 8.07. The van der Waals surface area contributed by atoms with Crippen LogP contribution in [0, 0.1) is 0 Å². The number of nitrogen functional groups attached to an aromatic ring is 1. The van der Waals surface area contributed by atoms with Crippen molar-refractivity contribution < 1.29 is 9.53 Å². The molecule has 0 aliphatic carbocycles. The molecule has 0 saturated heterocycles. The number of rotatable bonds is 9. The first kappa shape index (κ1) is 18.0. The molecule has 0 heterocycles. The van der Waals surface area contributed by atoms with Gasteiger partial charge < -0.3 is 20.7 Å². The van der Waals surface area contributed by atoms with Crippen LogP contribution >= 0.6 is 0 Å². The number of hydrogen-bond donors (Lipinski definition) is 2. The van der Waals surface area contributed by atoms with Crippen molar-refractivity contribution in [1.29, 1.82) is 0 Å². The zero-order valence-corrected chi connectivity index (χ0v) is 13.8. The summed E-state index contributed by atoms with van der Waals surface area (Å²) in [5.74, 6) is 0.588. The number of ether oxygens (including phenoxy) is 1. The zero-order chi connectivity index (χ0) is 16.4.